The van der Waals surface area contributed by atoms with Crippen LogP contribution in [0.4, 0.5) is 22.1 Å². The van der Waals surface area contributed by atoms with Crippen LogP contribution in [0.25, 0.3) is 4.85 Å². The van der Waals surface area contributed by atoms with Gasteiger partial charge in [-0.3, -0.25) is 4.79 Å². The number of benzene rings is 3. The number of azo groups is 1. The zero-order valence-corrected chi connectivity index (χ0v) is 31.0. The van der Waals surface area contributed by atoms with Gasteiger partial charge in [-0.2, -0.15) is 15.5 Å². The van der Waals surface area contributed by atoms with Crippen molar-refractivity contribution in [3.63, 3.8) is 0 Å². The summed E-state index contributed by atoms with van der Waals surface area (Å²) in [6.07, 6.45) is 0. The van der Waals surface area contributed by atoms with Gasteiger partial charge in [-0.15, -0.1) is 11.3 Å². The predicted molar refractivity (Wildman–Crippen MR) is 203 cm³/mol. The van der Waals surface area contributed by atoms with Crippen LogP contribution in [0.5, 0.6) is 0 Å². The van der Waals surface area contributed by atoms with Crippen LogP contribution in [-0.2, 0) is 30.2 Å². The van der Waals surface area contributed by atoms with Crippen LogP contribution < -0.4 is 4.90 Å². The van der Waals surface area contributed by atoms with E-state index in [1.54, 1.807) is 31.2 Å². The number of anilines is 1. The Balaban J connectivity index is 1.12. The van der Waals surface area contributed by atoms with Crippen LogP contribution >= 0.6 is 11.3 Å². The summed E-state index contributed by atoms with van der Waals surface area (Å²) in [5.74, 6) is -0.746. The number of aryl methyl sites for hydroxylation is 1. The SMILES string of the molecule is [C-]#[N+]c1c(N=Nc2ccc(N(CCOCCOCCOCCOCCOC(=O)c3ccccc3C(C)=O)Cc3ccccc3)cc2C)sc(C#N)c1C. The zero-order valence-electron chi connectivity index (χ0n) is 30.2. The second-order valence-corrected chi connectivity index (χ2v) is 12.7. The summed E-state index contributed by atoms with van der Waals surface area (Å²) < 4.78 is 27.7. The van der Waals surface area contributed by atoms with E-state index in [4.69, 9.17) is 30.3 Å². The molecule has 4 rings (SSSR count). The number of Topliss-reactive ketones (excluding diaryl/α,β-unsaturated/α-hetero) is 1. The number of hydrogen-bond acceptors (Lipinski definition) is 12. The molecule has 0 atom stereocenters. The van der Waals surface area contributed by atoms with E-state index in [1.165, 1.54) is 23.8 Å². The molecule has 12 nitrogen and oxygen atoms in total. The highest BCUT2D eigenvalue weighted by Gasteiger charge is 2.16. The number of carbonyl (C=O) groups is 2. The van der Waals surface area contributed by atoms with Crippen LogP contribution in [0.2, 0.25) is 0 Å². The number of esters is 1. The second-order valence-electron chi connectivity index (χ2n) is 11.7. The summed E-state index contributed by atoms with van der Waals surface area (Å²) in [7, 11) is 0. The number of nitriles is 1. The van der Waals surface area contributed by atoms with E-state index in [1.807, 2.05) is 37.3 Å². The molecule has 4 aromatic rings. The van der Waals surface area contributed by atoms with Crippen molar-refractivity contribution in [2.75, 3.05) is 70.9 Å². The molecule has 0 radical (unpaired) electrons. The molecule has 0 N–H and O–H groups in total. The minimum absolute atomic E-state index is 0.0750. The minimum Gasteiger partial charge on any atom is -0.460 e. The first-order chi connectivity index (χ1) is 25.8. The molecular formula is C40H43N5O7S. The van der Waals surface area contributed by atoms with Gasteiger partial charge >= 0.3 is 5.97 Å². The Kier molecular flexibility index (Phi) is 16.8. The quantitative estimate of drug-likeness (QED) is 0.0256. The first-order valence-corrected chi connectivity index (χ1v) is 17.9. The molecule has 0 fully saturated rings. The van der Waals surface area contributed by atoms with Crippen LogP contribution in [0.1, 0.15) is 49.2 Å². The molecule has 0 bridgehead atoms. The van der Waals surface area contributed by atoms with Crippen molar-refractivity contribution in [1.29, 1.82) is 5.26 Å². The van der Waals surface area contributed by atoms with E-state index < -0.39 is 5.97 Å². The first-order valence-electron chi connectivity index (χ1n) is 17.1. The van der Waals surface area contributed by atoms with Crippen molar-refractivity contribution in [2.24, 2.45) is 10.2 Å². The van der Waals surface area contributed by atoms with Gasteiger partial charge in [-0.25, -0.2) is 9.64 Å². The summed E-state index contributed by atoms with van der Waals surface area (Å²) in [4.78, 5) is 30.2. The number of hydrogen-bond donors (Lipinski definition) is 0. The second kappa shape index (κ2) is 21.9. The van der Waals surface area contributed by atoms with Gasteiger partial charge in [-0.05, 0) is 61.7 Å². The Morgan fingerprint density at radius 2 is 1.42 bits per heavy atom. The molecule has 13 heteroatoms. The number of carbonyl (C=O) groups excluding carboxylic acids is 2. The van der Waals surface area contributed by atoms with Crippen molar-refractivity contribution in [3.05, 3.63) is 117 Å². The van der Waals surface area contributed by atoms with E-state index in [0.717, 1.165) is 11.3 Å². The third-order valence-corrected chi connectivity index (χ3v) is 9.00. The van der Waals surface area contributed by atoms with Crippen molar-refractivity contribution in [1.82, 2.24) is 0 Å². The molecule has 1 heterocycles. The van der Waals surface area contributed by atoms with Gasteiger partial charge in [0.2, 0.25) is 5.69 Å². The van der Waals surface area contributed by atoms with Gasteiger partial charge in [-0.1, -0.05) is 48.5 Å². The molecule has 0 amide bonds. The number of nitrogens with zero attached hydrogens (tertiary/aromatic N) is 5. The van der Waals surface area contributed by atoms with Crippen molar-refractivity contribution < 1.29 is 33.3 Å². The molecule has 0 spiro atoms. The summed E-state index contributed by atoms with van der Waals surface area (Å²) >= 11 is 1.17. The van der Waals surface area contributed by atoms with Gasteiger partial charge in [0.15, 0.2) is 5.78 Å². The van der Waals surface area contributed by atoms with Gasteiger partial charge in [0.25, 0.3) is 0 Å². The monoisotopic (exact) mass is 737 g/mol. The molecule has 1 aromatic heterocycles. The lowest BCUT2D eigenvalue weighted by Crippen LogP contribution is -2.27. The molecule has 276 valence electrons. The van der Waals surface area contributed by atoms with Gasteiger partial charge in [0.05, 0.1) is 75.6 Å². The maximum atomic E-state index is 12.3. The first kappa shape index (κ1) is 40.5. The number of ether oxygens (including phenoxy) is 5. The molecule has 0 aliphatic heterocycles. The van der Waals surface area contributed by atoms with E-state index >= 15 is 0 Å². The van der Waals surface area contributed by atoms with E-state index in [2.05, 4.69) is 44.2 Å². The highest BCUT2D eigenvalue weighted by molar-refractivity contribution is 7.17. The fourth-order valence-corrected chi connectivity index (χ4v) is 5.99. The van der Waals surface area contributed by atoms with E-state index in [-0.39, 0.29) is 24.6 Å². The molecule has 0 aliphatic rings. The summed E-state index contributed by atoms with van der Waals surface area (Å²) in [5.41, 5.74) is 5.39. The fraction of sp³-hybridized carbons (Fsp3) is 0.350. The lowest BCUT2D eigenvalue weighted by Gasteiger charge is -2.25. The van der Waals surface area contributed by atoms with Crippen LogP contribution in [-0.4, -0.2) is 77.8 Å². The standard InChI is InChI=1S/C40H43N5O7S/c1-29-26-33(14-15-36(29)43-44-39-38(42-4)30(2)37(27-41)53-39)45(28-32-10-6-5-7-11-32)16-17-48-18-19-49-20-21-50-22-23-51-24-25-52-40(47)35-13-9-8-12-34(35)31(3)46/h5-15,26H,16-25,28H2,1-3H3. The summed E-state index contributed by atoms with van der Waals surface area (Å²) in [6, 6.07) is 24.9. The van der Waals surface area contributed by atoms with Crippen LogP contribution in [0.3, 0.4) is 0 Å². The topological polar surface area (TPSA) is 136 Å². The van der Waals surface area contributed by atoms with E-state index in [0.29, 0.717) is 91.7 Å². The number of thiophene rings is 1. The molecule has 0 unspecified atom stereocenters. The maximum Gasteiger partial charge on any atom is 0.338 e. The third kappa shape index (κ3) is 12.7. The van der Waals surface area contributed by atoms with E-state index in [9.17, 15) is 14.9 Å². The average molecular weight is 738 g/mol. The average Bonchev–Trinajstić information content (AvgIpc) is 3.49. The Labute approximate surface area is 314 Å². The maximum absolute atomic E-state index is 12.3. The highest BCUT2D eigenvalue weighted by Crippen LogP contribution is 2.42. The molecule has 0 aliphatic carbocycles. The summed E-state index contributed by atoms with van der Waals surface area (Å²) in [6.45, 7) is 17.2. The smallest absolute Gasteiger partial charge is 0.338 e. The zero-order chi connectivity index (χ0) is 37.8. The third-order valence-electron chi connectivity index (χ3n) is 7.93. The Hall–Kier alpha value is -5.28. The Morgan fingerprint density at radius 3 is 2.02 bits per heavy atom. The molecule has 0 saturated heterocycles. The lowest BCUT2D eigenvalue weighted by atomic mass is 10.0. The van der Waals surface area contributed by atoms with Gasteiger partial charge in [0, 0.05) is 24.3 Å². The predicted octanol–water partition coefficient (Wildman–Crippen LogP) is 8.34. The normalized spacial score (nSPS) is 11.0. The van der Waals surface area contributed by atoms with Crippen LogP contribution in [0, 0.1) is 31.8 Å². The fourth-order valence-electron chi connectivity index (χ4n) is 5.12. The van der Waals surface area contributed by atoms with Gasteiger partial charge in [0.1, 0.15) is 17.7 Å². The molecule has 0 saturated carbocycles. The number of rotatable bonds is 22. The lowest BCUT2D eigenvalue weighted by molar-refractivity contribution is -0.00848. The Morgan fingerprint density at radius 1 is 0.811 bits per heavy atom. The van der Waals surface area contributed by atoms with Crippen molar-refractivity contribution in [3.8, 4) is 6.07 Å². The minimum atomic E-state index is -0.553. The van der Waals surface area contributed by atoms with Crippen molar-refractivity contribution >= 4 is 45.2 Å². The van der Waals surface area contributed by atoms with Crippen molar-refractivity contribution in [2.45, 2.75) is 27.3 Å². The number of ketones is 1. The highest BCUT2D eigenvalue weighted by atomic mass is 32.1. The largest absolute Gasteiger partial charge is 0.460 e. The molecular weight excluding hydrogens is 695 g/mol. The summed E-state index contributed by atoms with van der Waals surface area (Å²) in [5, 5.41) is 18.5. The molecule has 3 aromatic carbocycles. The Bertz CT molecular complexity index is 1920. The van der Waals surface area contributed by atoms with Gasteiger partial charge < -0.3 is 28.6 Å². The molecule has 53 heavy (non-hydrogen) atoms. The van der Waals surface area contributed by atoms with Crippen LogP contribution in [0.15, 0.2) is 83.0 Å².